The molecule has 1 saturated carbocycles. The predicted molar refractivity (Wildman–Crippen MR) is 73.6 cm³/mol. The lowest BCUT2D eigenvalue weighted by Crippen LogP contribution is -2.31. The maximum absolute atomic E-state index is 8.90. The van der Waals surface area contributed by atoms with E-state index in [1.165, 1.54) is 7.11 Å². The Labute approximate surface area is 118 Å². The molecule has 0 heterocycles. The fourth-order valence-electron chi connectivity index (χ4n) is 2.27. The minimum Gasteiger partial charge on any atom is -0.493 e. The van der Waals surface area contributed by atoms with Gasteiger partial charge in [-0.1, -0.05) is 11.6 Å². The van der Waals surface area contributed by atoms with Crippen LogP contribution in [-0.4, -0.2) is 19.3 Å². The summed E-state index contributed by atoms with van der Waals surface area (Å²) in [7, 11) is 1.54. The van der Waals surface area contributed by atoms with Crippen LogP contribution in [0, 0.1) is 11.3 Å². The summed E-state index contributed by atoms with van der Waals surface area (Å²) in [6.45, 7) is 0. The maximum atomic E-state index is 8.90. The fourth-order valence-corrected chi connectivity index (χ4v) is 2.53. The highest BCUT2D eigenvalue weighted by Crippen LogP contribution is 2.38. The molecule has 1 fully saturated rings. The van der Waals surface area contributed by atoms with Gasteiger partial charge in [0.15, 0.2) is 11.5 Å². The number of nitrogens with zero attached hydrogens (tertiary/aromatic N) is 1. The zero-order valence-corrected chi connectivity index (χ0v) is 11.6. The van der Waals surface area contributed by atoms with Crippen molar-refractivity contribution in [2.45, 2.75) is 37.8 Å². The van der Waals surface area contributed by atoms with Crippen LogP contribution in [0.3, 0.4) is 0 Å². The lowest BCUT2D eigenvalue weighted by atomic mass is 9.94. The Morgan fingerprint density at radius 1 is 1.32 bits per heavy atom. The van der Waals surface area contributed by atoms with Gasteiger partial charge in [0.25, 0.3) is 0 Å². The number of nitriles is 1. The fraction of sp³-hybridized carbons (Fsp3) is 0.500. The molecule has 0 spiro atoms. The smallest absolute Gasteiger partial charge is 0.180 e. The molecule has 0 aliphatic heterocycles. The van der Waals surface area contributed by atoms with Gasteiger partial charge in [-0.2, -0.15) is 5.26 Å². The molecule has 0 saturated heterocycles. The van der Waals surface area contributed by atoms with Gasteiger partial charge in [0.2, 0.25) is 0 Å². The van der Waals surface area contributed by atoms with Gasteiger partial charge in [0, 0.05) is 12.1 Å². The van der Waals surface area contributed by atoms with Crippen molar-refractivity contribution >= 4 is 11.6 Å². The average Bonchev–Trinajstić information content (AvgIpc) is 2.43. The van der Waals surface area contributed by atoms with E-state index in [0.717, 1.165) is 25.7 Å². The second-order valence-electron chi connectivity index (χ2n) is 4.76. The Kier molecular flexibility index (Phi) is 4.52. The molecule has 1 aromatic carbocycles. The monoisotopic (exact) mass is 280 g/mol. The molecule has 0 unspecified atom stereocenters. The number of hydrogen-bond acceptors (Lipinski definition) is 4. The topological polar surface area (TPSA) is 68.3 Å². The number of rotatable bonds is 3. The van der Waals surface area contributed by atoms with Gasteiger partial charge in [-0.25, -0.2) is 0 Å². The molecule has 0 bridgehead atoms. The highest BCUT2D eigenvalue weighted by molar-refractivity contribution is 6.32. The van der Waals surface area contributed by atoms with E-state index < -0.39 is 0 Å². The molecule has 19 heavy (non-hydrogen) atoms. The molecule has 0 amide bonds. The quantitative estimate of drug-likeness (QED) is 0.924. The predicted octanol–water partition coefficient (Wildman–Crippen LogP) is 2.87. The first-order valence-corrected chi connectivity index (χ1v) is 6.71. The van der Waals surface area contributed by atoms with Crippen molar-refractivity contribution in [3.05, 3.63) is 22.7 Å². The molecular formula is C14H17ClN2O2. The van der Waals surface area contributed by atoms with Crippen LogP contribution in [0.15, 0.2) is 12.1 Å². The van der Waals surface area contributed by atoms with E-state index in [2.05, 4.69) is 0 Å². The van der Waals surface area contributed by atoms with Crippen LogP contribution in [0.4, 0.5) is 0 Å². The Morgan fingerprint density at radius 2 is 2.00 bits per heavy atom. The molecule has 4 nitrogen and oxygen atoms in total. The van der Waals surface area contributed by atoms with E-state index in [0.29, 0.717) is 22.1 Å². The molecule has 1 aliphatic rings. The molecule has 1 aromatic rings. The summed E-state index contributed by atoms with van der Waals surface area (Å²) in [4.78, 5) is 0. The zero-order valence-electron chi connectivity index (χ0n) is 10.9. The Morgan fingerprint density at radius 3 is 2.58 bits per heavy atom. The summed E-state index contributed by atoms with van der Waals surface area (Å²) < 4.78 is 11.2. The van der Waals surface area contributed by atoms with Crippen LogP contribution < -0.4 is 15.2 Å². The minimum absolute atomic E-state index is 0.110. The van der Waals surface area contributed by atoms with Crippen molar-refractivity contribution in [1.82, 2.24) is 0 Å². The van der Waals surface area contributed by atoms with Gasteiger partial charge < -0.3 is 15.2 Å². The second-order valence-corrected chi connectivity index (χ2v) is 5.16. The summed E-state index contributed by atoms with van der Waals surface area (Å²) in [5.41, 5.74) is 6.33. The first-order chi connectivity index (χ1) is 9.13. The van der Waals surface area contributed by atoms with Crippen LogP contribution in [0.2, 0.25) is 5.02 Å². The van der Waals surface area contributed by atoms with Gasteiger partial charge in [-0.05, 0) is 31.7 Å². The van der Waals surface area contributed by atoms with Crippen LogP contribution >= 0.6 is 11.6 Å². The van der Waals surface area contributed by atoms with Crippen molar-refractivity contribution in [2.75, 3.05) is 7.11 Å². The highest BCUT2D eigenvalue weighted by Gasteiger charge is 2.22. The number of nitrogens with two attached hydrogens (primary N) is 1. The number of benzene rings is 1. The molecule has 102 valence electrons. The molecule has 2 N–H and O–H groups in total. The summed E-state index contributed by atoms with van der Waals surface area (Å²) in [5, 5.41) is 9.31. The van der Waals surface area contributed by atoms with Crippen LogP contribution in [0.1, 0.15) is 31.2 Å². The minimum atomic E-state index is 0.110. The van der Waals surface area contributed by atoms with Crippen molar-refractivity contribution in [1.29, 1.82) is 5.26 Å². The lowest BCUT2D eigenvalue weighted by molar-refractivity contribution is 0.142. The third kappa shape index (κ3) is 3.31. The van der Waals surface area contributed by atoms with Crippen LogP contribution in [0.25, 0.3) is 0 Å². The third-order valence-corrected chi connectivity index (χ3v) is 3.64. The van der Waals surface area contributed by atoms with E-state index in [4.69, 9.17) is 32.1 Å². The molecule has 1 aliphatic carbocycles. The van der Waals surface area contributed by atoms with Gasteiger partial charge in [-0.15, -0.1) is 0 Å². The third-order valence-electron chi connectivity index (χ3n) is 3.36. The molecule has 2 rings (SSSR count). The largest absolute Gasteiger partial charge is 0.493 e. The highest BCUT2D eigenvalue weighted by atomic mass is 35.5. The maximum Gasteiger partial charge on any atom is 0.180 e. The van der Waals surface area contributed by atoms with Crippen LogP contribution in [0.5, 0.6) is 11.5 Å². The van der Waals surface area contributed by atoms with Gasteiger partial charge in [0.1, 0.15) is 0 Å². The van der Waals surface area contributed by atoms with E-state index in [9.17, 15) is 0 Å². The second kappa shape index (κ2) is 6.14. The SMILES string of the molecule is COc1cc(C#N)cc(Cl)c1OC1CCC(N)CC1. The number of halogens is 1. The summed E-state index contributed by atoms with van der Waals surface area (Å²) in [6, 6.07) is 5.54. The average molecular weight is 281 g/mol. The summed E-state index contributed by atoms with van der Waals surface area (Å²) >= 11 is 6.16. The molecular weight excluding hydrogens is 264 g/mol. The van der Waals surface area contributed by atoms with Crippen molar-refractivity contribution < 1.29 is 9.47 Å². The van der Waals surface area contributed by atoms with Crippen molar-refractivity contribution in [2.24, 2.45) is 5.73 Å². The first-order valence-electron chi connectivity index (χ1n) is 6.34. The van der Waals surface area contributed by atoms with E-state index >= 15 is 0 Å². The van der Waals surface area contributed by atoms with E-state index in [-0.39, 0.29) is 12.1 Å². The van der Waals surface area contributed by atoms with Crippen LogP contribution in [-0.2, 0) is 0 Å². The summed E-state index contributed by atoms with van der Waals surface area (Å²) in [6.07, 6.45) is 3.86. The van der Waals surface area contributed by atoms with E-state index in [1.807, 2.05) is 6.07 Å². The Hall–Kier alpha value is -1.44. The first kappa shape index (κ1) is 14.0. The normalized spacial score (nSPS) is 22.6. The lowest BCUT2D eigenvalue weighted by Gasteiger charge is -2.27. The van der Waals surface area contributed by atoms with Gasteiger partial charge >= 0.3 is 0 Å². The Bertz CT molecular complexity index is 491. The number of methoxy groups -OCH3 is 1. The number of ether oxygens (including phenoxy) is 2. The standard InChI is InChI=1S/C14H17ClN2O2/c1-18-13-7-9(8-16)6-12(15)14(13)19-11-4-2-10(17)3-5-11/h6-7,10-11H,2-5,17H2,1H3. The summed E-state index contributed by atoms with van der Waals surface area (Å²) in [5.74, 6) is 1.02. The van der Waals surface area contributed by atoms with Crippen molar-refractivity contribution in [3.63, 3.8) is 0 Å². The Balaban J connectivity index is 2.18. The van der Waals surface area contributed by atoms with E-state index in [1.54, 1.807) is 12.1 Å². The zero-order chi connectivity index (χ0) is 13.8. The number of hydrogen-bond donors (Lipinski definition) is 1. The van der Waals surface area contributed by atoms with Crippen molar-refractivity contribution in [3.8, 4) is 17.6 Å². The molecule has 0 radical (unpaired) electrons. The molecule has 0 aromatic heterocycles. The van der Waals surface area contributed by atoms with Gasteiger partial charge in [-0.3, -0.25) is 0 Å². The molecule has 0 atom stereocenters. The van der Waals surface area contributed by atoms with Gasteiger partial charge in [0.05, 0.1) is 29.9 Å². The molecule has 5 heteroatoms.